The number of hydrogen-bond donors (Lipinski definition) is 2. The Kier molecular flexibility index (Phi) is 4.96. The maximum absolute atomic E-state index is 12.4. The molecule has 2 atom stereocenters. The van der Waals surface area contributed by atoms with Crippen LogP contribution in [0.2, 0.25) is 0 Å². The number of amides is 1. The molecular weight excluding hydrogens is 244 g/mol. The van der Waals surface area contributed by atoms with Gasteiger partial charge >= 0.3 is 0 Å². The van der Waals surface area contributed by atoms with Gasteiger partial charge in [0, 0.05) is 11.3 Å². The van der Waals surface area contributed by atoms with Gasteiger partial charge in [-0.05, 0) is 31.9 Å². The number of carbonyl (C=O) groups excluding carboxylic acids is 1. The molecule has 4 heteroatoms. The molecule has 0 aromatic rings. The predicted octanol–water partition coefficient (Wildman–Crippen LogP) is 2.44. The highest BCUT2D eigenvalue weighted by Crippen LogP contribution is 2.30. The second-order valence-corrected chi connectivity index (χ2v) is 6.93. The zero-order valence-corrected chi connectivity index (χ0v) is 12.2. The van der Waals surface area contributed by atoms with Gasteiger partial charge in [0.2, 0.25) is 5.91 Å². The Morgan fingerprint density at radius 1 is 1.17 bits per heavy atom. The van der Waals surface area contributed by atoms with E-state index in [4.69, 9.17) is 5.73 Å². The Labute approximate surface area is 115 Å². The molecule has 0 aromatic heterocycles. The zero-order valence-electron chi connectivity index (χ0n) is 11.4. The van der Waals surface area contributed by atoms with Gasteiger partial charge in [0.25, 0.3) is 0 Å². The van der Waals surface area contributed by atoms with Crippen molar-refractivity contribution in [1.29, 1.82) is 0 Å². The molecule has 0 heterocycles. The second-order valence-electron chi connectivity index (χ2n) is 5.86. The summed E-state index contributed by atoms with van der Waals surface area (Å²) in [6.07, 6.45) is 12.2. The lowest BCUT2D eigenvalue weighted by Crippen LogP contribution is -2.58. The van der Waals surface area contributed by atoms with Crippen molar-refractivity contribution in [1.82, 2.24) is 5.32 Å². The minimum atomic E-state index is -0.585. The second kappa shape index (κ2) is 6.29. The van der Waals surface area contributed by atoms with E-state index >= 15 is 0 Å². The van der Waals surface area contributed by atoms with Crippen LogP contribution in [-0.4, -0.2) is 29.0 Å². The van der Waals surface area contributed by atoms with Gasteiger partial charge in [-0.15, -0.1) is 0 Å². The molecular formula is C14H26N2OS. The minimum Gasteiger partial charge on any atom is -0.351 e. The van der Waals surface area contributed by atoms with Crippen LogP contribution in [-0.2, 0) is 4.79 Å². The SMILES string of the molecule is CSC1CCCCC1NC(=O)C1(N)CCCCC1. The topological polar surface area (TPSA) is 55.1 Å². The fourth-order valence-electron chi connectivity index (χ4n) is 3.27. The van der Waals surface area contributed by atoms with Gasteiger partial charge in [-0.25, -0.2) is 0 Å². The number of hydrogen-bond acceptors (Lipinski definition) is 3. The summed E-state index contributed by atoms with van der Waals surface area (Å²) in [4.78, 5) is 12.4. The maximum Gasteiger partial charge on any atom is 0.240 e. The normalized spacial score (nSPS) is 31.9. The van der Waals surface area contributed by atoms with Gasteiger partial charge in [-0.2, -0.15) is 11.8 Å². The Morgan fingerprint density at radius 2 is 1.83 bits per heavy atom. The lowest BCUT2D eigenvalue weighted by Gasteiger charge is -2.37. The maximum atomic E-state index is 12.4. The van der Waals surface area contributed by atoms with E-state index in [-0.39, 0.29) is 5.91 Å². The lowest BCUT2D eigenvalue weighted by molar-refractivity contribution is -0.128. The van der Waals surface area contributed by atoms with Crippen molar-refractivity contribution in [3.05, 3.63) is 0 Å². The summed E-state index contributed by atoms with van der Waals surface area (Å²) in [5.41, 5.74) is 5.70. The summed E-state index contributed by atoms with van der Waals surface area (Å²) in [5, 5.41) is 3.82. The van der Waals surface area contributed by atoms with Crippen molar-refractivity contribution in [2.45, 2.75) is 74.6 Å². The van der Waals surface area contributed by atoms with Crippen molar-refractivity contribution in [2.75, 3.05) is 6.26 Å². The molecule has 2 fully saturated rings. The molecule has 18 heavy (non-hydrogen) atoms. The molecule has 1 amide bonds. The number of rotatable bonds is 3. The molecule has 2 aliphatic rings. The molecule has 2 aliphatic carbocycles. The van der Waals surface area contributed by atoms with E-state index in [0.29, 0.717) is 11.3 Å². The van der Waals surface area contributed by atoms with Gasteiger partial charge in [0.1, 0.15) is 0 Å². The third-order valence-electron chi connectivity index (χ3n) is 4.52. The third kappa shape index (κ3) is 3.21. The van der Waals surface area contributed by atoms with Crippen molar-refractivity contribution in [3.63, 3.8) is 0 Å². The molecule has 0 aromatic carbocycles. The van der Waals surface area contributed by atoms with Gasteiger partial charge in [-0.1, -0.05) is 32.1 Å². The van der Waals surface area contributed by atoms with Crippen LogP contribution in [0.1, 0.15) is 57.8 Å². The van der Waals surface area contributed by atoms with E-state index in [1.54, 1.807) is 0 Å². The van der Waals surface area contributed by atoms with E-state index in [1.165, 1.54) is 25.7 Å². The highest BCUT2D eigenvalue weighted by atomic mass is 32.2. The van der Waals surface area contributed by atoms with Gasteiger partial charge in [0.05, 0.1) is 5.54 Å². The Bertz CT molecular complexity index is 290. The Hall–Kier alpha value is -0.220. The average molecular weight is 270 g/mol. The first-order valence-corrected chi connectivity index (χ1v) is 8.57. The minimum absolute atomic E-state index is 0.105. The summed E-state index contributed by atoms with van der Waals surface area (Å²) in [6.45, 7) is 0. The number of thioether (sulfide) groups is 1. The van der Waals surface area contributed by atoms with Gasteiger partial charge in [0.15, 0.2) is 0 Å². The quantitative estimate of drug-likeness (QED) is 0.828. The molecule has 0 saturated heterocycles. The lowest BCUT2D eigenvalue weighted by atomic mass is 9.81. The largest absolute Gasteiger partial charge is 0.351 e. The molecule has 104 valence electrons. The Balaban J connectivity index is 1.92. The summed E-state index contributed by atoms with van der Waals surface area (Å²) in [5.74, 6) is 0.105. The molecule has 2 unspecified atom stereocenters. The predicted molar refractivity (Wildman–Crippen MR) is 77.7 cm³/mol. The molecule has 0 aliphatic heterocycles. The molecule has 0 spiro atoms. The first-order chi connectivity index (χ1) is 8.65. The van der Waals surface area contributed by atoms with Crippen LogP contribution in [0.3, 0.4) is 0 Å². The molecule has 3 nitrogen and oxygen atoms in total. The number of nitrogens with one attached hydrogen (secondary N) is 1. The van der Waals surface area contributed by atoms with Crippen LogP contribution < -0.4 is 11.1 Å². The summed E-state index contributed by atoms with van der Waals surface area (Å²) >= 11 is 1.89. The van der Waals surface area contributed by atoms with Crippen molar-refractivity contribution in [3.8, 4) is 0 Å². The monoisotopic (exact) mass is 270 g/mol. The van der Waals surface area contributed by atoms with E-state index in [9.17, 15) is 4.79 Å². The van der Waals surface area contributed by atoms with Crippen molar-refractivity contribution < 1.29 is 4.79 Å². The van der Waals surface area contributed by atoms with E-state index in [0.717, 1.165) is 32.1 Å². The van der Waals surface area contributed by atoms with E-state index < -0.39 is 5.54 Å². The standard InChI is InChI=1S/C14H26N2OS/c1-18-12-8-4-3-7-11(12)16-13(17)14(15)9-5-2-6-10-14/h11-12H,2-10,15H2,1H3,(H,16,17). The fourth-order valence-corrected chi connectivity index (χ4v) is 4.20. The van der Waals surface area contributed by atoms with E-state index in [2.05, 4.69) is 11.6 Å². The molecule has 0 bridgehead atoms. The molecule has 0 radical (unpaired) electrons. The first-order valence-electron chi connectivity index (χ1n) is 7.28. The highest BCUT2D eigenvalue weighted by molar-refractivity contribution is 7.99. The van der Waals surface area contributed by atoms with E-state index in [1.807, 2.05) is 11.8 Å². The zero-order chi connectivity index (χ0) is 13.0. The van der Waals surface area contributed by atoms with Crippen LogP contribution in [0.5, 0.6) is 0 Å². The summed E-state index contributed by atoms with van der Waals surface area (Å²) in [7, 11) is 0. The summed E-state index contributed by atoms with van der Waals surface area (Å²) in [6, 6.07) is 0.337. The fraction of sp³-hybridized carbons (Fsp3) is 0.929. The van der Waals surface area contributed by atoms with Crippen LogP contribution in [0.15, 0.2) is 0 Å². The summed E-state index contributed by atoms with van der Waals surface area (Å²) < 4.78 is 0. The molecule has 3 N–H and O–H groups in total. The average Bonchev–Trinajstić information content (AvgIpc) is 2.40. The third-order valence-corrected chi connectivity index (χ3v) is 5.69. The van der Waals surface area contributed by atoms with Crippen LogP contribution >= 0.6 is 11.8 Å². The van der Waals surface area contributed by atoms with Gasteiger partial charge in [-0.3, -0.25) is 4.79 Å². The first kappa shape index (κ1) is 14.2. The smallest absolute Gasteiger partial charge is 0.240 e. The van der Waals surface area contributed by atoms with Crippen LogP contribution in [0.4, 0.5) is 0 Å². The highest BCUT2D eigenvalue weighted by Gasteiger charge is 2.37. The molecule has 2 saturated carbocycles. The van der Waals surface area contributed by atoms with Crippen molar-refractivity contribution >= 4 is 17.7 Å². The van der Waals surface area contributed by atoms with Crippen LogP contribution in [0.25, 0.3) is 0 Å². The number of nitrogens with two attached hydrogens (primary N) is 1. The van der Waals surface area contributed by atoms with Crippen molar-refractivity contribution in [2.24, 2.45) is 5.73 Å². The van der Waals surface area contributed by atoms with Gasteiger partial charge < -0.3 is 11.1 Å². The molecule has 2 rings (SSSR count). The number of carbonyl (C=O) groups is 1. The Morgan fingerprint density at radius 3 is 2.50 bits per heavy atom. The van der Waals surface area contributed by atoms with Crippen LogP contribution in [0, 0.1) is 0 Å².